The predicted molar refractivity (Wildman–Crippen MR) is 69.6 cm³/mol. The molecular formula is C14H22N2O. The van der Waals surface area contributed by atoms with Crippen molar-refractivity contribution in [2.45, 2.75) is 31.3 Å². The molecule has 1 aliphatic carbocycles. The zero-order valence-corrected chi connectivity index (χ0v) is 10.2. The molecule has 0 amide bonds. The van der Waals surface area contributed by atoms with Gasteiger partial charge in [0.15, 0.2) is 0 Å². The zero-order chi connectivity index (χ0) is 12.1. The van der Waals surface area contributed by atoms with Gasteiger partial charge in [0.25, 0.3) is 0 Å². The zero-order valence-electron chi connectivity index (χ0n) is 10.2. The quantitative estimate of drug-likeness (QED) is 0.722. The first kappa shape index (κ1) is 12.6. The van der Waals surface area contributed by atoms with Crippen LogP contribution in [0.15, 0.2) is 30.3 Å². The van der Waals surface area contributed by atoms with Gasteiger partial charge in [-0.15, -0.1) is 0 Å². The standard InChI is InChI=1S/C14H22N2O/c15-9-12-7-4-8-13(12)16-14(10-17)11-5-2-1-3-6-11/h1-3,5-6,12-14,16-17H,4,7-10,15H2/t12?,13?,14-/m0/s1. The number of nitrogens with two attached hydrogens (primary N) is 1. The first-order chi connectivity index (χ1) is 8.35. The number of rotatable bonds is 5. The molecule has 2 unspecified atom stereocenters. The van der Waals surface area contributed by atoms with Crippen LogP contribution in [0.1, 0.15) is 30.9 Å². The van der Waals surface area contributed by atoms with Crippen LogP contribution in [0, 0.1) is 5.92 Å². The number of aliphatic hydroxyl groups excluding tert-OH is 1. The summed E-state index contributed by atoms with van der Waals surface area (Å²) in [6.07, 6.45) is 3.62. The minimum absolute atomic E-state index is 0.0355. The van der Waals surface area contributed by atoms with Gasteiger partial charge in [0.1, 0.15) is 0 Å². The van der Waals surface area contributed by atoms with Gasteiger partial charge in [-0.1, -0.05) is 36.8 Å². The van der Waals surface area contributed by atoms with E-state index in [0.717, 1.165) is 12.1 Å². The van der Waals surface area contributed by atoms with Gasteiger partial charge in [-0.25, -0.2) is 0 Å². The molecule has 3 nitrogen and oxygen atoms in total. The van der Waals surface area contributed by atoms with Crippen LogP contribution in [0.4, 0.5) is 0 Å². The molecule has 17 heavy (non-hydrogen) atoms. The van der Waals surface area contributed by atoms with E-state index in [-0.39, 0.29) is 12.6 Å². The maximum atomic E-state index is 9.51. The lowest BCUT2D eigenvalue weighted by Gasteiger charge is -2.25. The van der Waals surface area contributed by atoms with Crippen LogP contribution in [-0.4, -0.2) is 24.3 Å². The SMILES string of the molecule is NCC1CCCC1N[C@@H](CO)c1ccccc1. The molecule has 0 spiro atoms. The summed E-state index contributed by atoms with van der Waals surface area (Å²) in [5, 5.41) is 13.1. The summed E-state index contributed by atoms with van der Waals surface area (Å²) in [5.41, 5.74) is 6.93. The van der Waals surface area contributed by atoms with Crippen molar-refractivity contribution >= 4 is 0 Å². The first-order valence-electron chi connectivity index (χ1n) is 6.47. The number of hydrogen-bond acceptors (Lipinski definition) is 3. The molecule has 1 fully saturated rings. The smallest absolute Gasteiger partial charge is 0.0626 e. The number of hydrogen-bond donors (Lipinski definition) is 3. The van der Waals surface area contributed by atoms with Gasteiger partial charge in [-0.05, 0) is 30.9 Å². The molecule has 94 valence electrons. The summed E-state index contributed by atoms with van der Waals surface area (Å²) < 4.78 is 0. The second-order valence-electron chi connectivity index (χ2n) is 4.85. The number of aliphatic hydroxyl groups is 1. The monoisotopic (exact) mass is 234 g/mol. The van der Waals surface area contributed by atoms with Gasteiger partial charge in [-0.3, -0.25) is 0 Å². The van der Waals surface area contributed by atoms with Gasteiger partial charge in [-0.2, -0.15) is 0 Å². The summed E-state index contributed by atoms with van der Waals surface area (Å²) in [5.74, 6) is 0.563. The number of nitrogens with one attached hydrogen (secondary N) is 1. The Morgan fingerprint density at radius 1 is 1.29 bits per heavy atom. The molecule has 0 aromatic heterocycles. The molecule has 2 rings (SSSR count). The van der Waals surface area contributed by atoms with Crippen LogP contribution in [0.3, 0.4) is 0 Å². The van der Waals surface area contributed by atoms with E-state index in [1.165, 1.54) is 19.3 Å². The van der Waals surface area contributed by atoms with E-state index in [4.69, 9.17) is 5.73 Å². The van der Waals surface area contributed by atoms with Gasteiger partial charge < -0.3 is 16.2 Å². The Bertz CT molecular complexity index is 328. The van der Waals surface area contributed by atoms with Crippen molar-refractivity contribution in [3.05, 3.63) is 35.9 Å². The summed E-state index contributed by atoms with van der Waals surface area (Å²) in [6.45, 7) is 0.877. The molecule has 0 radical (unpaired) electrons. The maximum Gasteiger partial charge on any atom is 0.0626 e. The molecule has 1 aromatic rings. The van der Waals surface area contributed by atoms with Gasteiger partial charge in [0.05, 0.1) is 12.6 Å². The molecule has 4 N–H and O–H groups in total. The van der Waals surface area contributed by atoms with E-state index in [2.05, 4.69) is 17.4 Å². The molecule has 0 aliphatic heterocycles. The second-order valence-corrected chi connectivity index (χ2v) is 4.85. The van der Waals surface area contributed by atoms with Crippen molar-refractivity contribution in [2.24, 2.45) is 11.7 Å². The minimum Gasteiger partial charge on any atom is -0.394 e. The Balaban J connectivity index is 2.00. The van der Waals surface area contributed by atoms with Crippen LogP contribution in [0.25, 0.3) is 0 Å². The average Bonchev–Trinajstić information content (AvgIpc) is 2.84. The lowest BCUT2D eigenvalue weighted by molar-refractivity contribution is 0.223. The van der Waals surface area contributed by atoms with E-state index in [1.54, 1.807) is 0 Å². The van der Waals surface area contributed by atoms with E-state index >= 15 is 0 Å². The first-order valence-corrected chi connectivity index (χ1v) is 6.47. The van der Waals surface area contributed by atoms with E-state index in [1.807, 2.05) is 18.2 Å². The molecular weight excluding hydrogens is 212 g/mol. The highest BCUT2D eigenvalue weighted by Gasteiger charge is 2.27. The fourth-order valence-electron chi connectivity index (χ4n) is 2.74. The third kappa shape index (κ3) is 3.06. The van der Waals surface area contributed by atoms with Gasteiger partial charge in [0, 0.05) is 6.04 Å². The molecule has 1 aromatic carbocycles. The third-order valence-corrected chi connectivity index (χ3v) is 3.76. The van der Waals surface area contributed by atoms with E-state index in [0.29, 0.717) is 12.0 Å². The minimum atomic E-state index is 0.0355. The Kier molecular flexibility index (Phi) is 4.54. The summed E-state index contributed by atoms with van der Waals surface area (Å²) in [7, 11) is 0. The fourth-order valence-corrected chi connectivity index (χ4v) is 2.74. The van der Waals surface area contributed by atoms with E-state index in [9.17, 15) is 5.11 Å². The highest BCUT2D eigenvalue weighted by atomic mass is 16.3. The highest BCUT2D eigenvalue weighted by Crippen LogP contribution is 2.27. The largest absolute Gasteiger partial charge is 0.394 e. The molecule has 1 saturated carbocycles. The Hall–Kier alpha value is -0.900. The van der Waals surface area contributed by atoms with E-state index < -0.39 is 0 Å². The summed E-state index contributed by atoms with van der Waals surface area (Å²) in [4.78, 5) is 0. The second kappa shape index (κ2) is 6.15. The number of benzene rings is 1. The lowest BCUT2D eigenvalue weighted by Crippen LogP contribution is -2.39. The molecule has 3 atom stereocenters. The molecule has 0 heterocycles. The van der Waals surface area contributed by atoms with Gasteiger partial charge >= 0.3 is 0 Å². The van der Waals surface area contributed by atoms with Crippen molar-refractivity contribution < 1.29 is 5.11 Å². The van der Waals surface area contributed by atoms with Crippen molar-refractivity contribution in [2.75, 3.05) is 13.2 Å². The van der Waals surface area contributed by atoms with Crippen LogP contribution >= 0.6 is 0 Å². The van der Waals surface area contributed by atoms with Crippen LogP contribution in [0.5, 0.6) is 0 Å². The molecule has 3 heteroatoms. The fraction of sp³-hybridized carbons (Fsp3) is 0.571. The van der Waals surface area contributed by atoms with Crippen molar-refractivity contribution in [1.82, 2.24) is 5.32 Å². The van der Waals surface area contributed by atoms with Gasteiger partial charge in [0.2, 0.25) is 0 Å². The van der Waals surface area contributed by atoms with Crippen molar-refractivity contribution in [3.63, 3.8) is 0 Å². The highest BCUT2D eigenvalue weighted by molar-refractivity contribution is 5.19. The average molecular weight is 234 g/mol. The van der Waals surface area contributed by atoms with Crippen LogP contribution in [0.2, 0.25) is 0 Å². The summed E-state index contributed by atoms with van der Waals surface area (Å²) >= 11 is 0. The Morgan fingerprint density at radius 2 is 2.06 bits per heavy atom. The van der Waals surface area contributed by atoms with Crippen LogP contribution in [-0.2, 0) is 0 Å². The normalized spacial score (nSPS) is 26.0. The maximum absolute atomic E-state index is 9.51. The van der Waals surface area contributed by atoms with Crippen LogP contribution < -0.4 is 11.1 Å². The van der Waals surface area contributed by atoms with Crippen molar-refractivity contribution in [1.29, 1.82) is 0 Å². The topological polar surface area (TPSA) is 58.3 Å². The lowest BCUT2D eigenvalue weighted by atomic mass is 10.0. The molecule has 0 saturated heterocycles. The molecule has 0 bridgehead atoms. The van der Waals surface area contributed by atoms with Crippen molar-refractivity contribution in [3.8, 4) is 0 Å². The third-order valence-electron chi connectivity index (χ3n) is 3.76. The Morgan fingerprint density at radius 3 is 2.71 bits per heavy atom. The Labute approximate surface area is 103 Å². The predicted octanol–water partition coefficient (Wildman–Crippen LogP) is 1.44. The molecule has 1 aliphatic rings. The summed E-state index contributed by atoms with van der Waals surface area (Å²) in [6, 6.07) is 10.6.